The van der Waals surface area contributed by atoms with Gasteiger partial charge in [0.15, 0.2) is 0 Å². The van der Waals surface area contributed by atoms with E-state index in [4.69, 9.17) is 0 Å². The number of piperazine rings is 2. The molecule has 7 saturated carbocycles. The van der Waals surface area contributed by atoms with Crippen molar-refractivity contribution < 1.29 is 0 Å². The van der Waals surface area contributed by atoms with E-state index >= 15 is 0 Å². The largest absolute Gasteiger partial charge is 0.303 e. The Balaban J connectivity index is 0.000000759. The molecule has 3 heterocycles. The Bertz CT molecular complexity index is 2910. The lowest BCUT2D eigenvalue weighted by molar-refractivity contribution is -0.00738. The van der Waals surface area contributed by atoms with Gasteiger partial charge in [-0.25, -0.2) is 0 Å². The van der Waals surface area contributed by atoms with Crippen LogP contribution in [0.3, 0.4) is 0 Å². The maximum Gasteiger partial charge on any atom is 0.0599 e. The Hall–Kier alpha value is -0.920. The summed E-state index contributed by atoms with van der Waals surface area (Å²) in [4.78, 5) is 31.1. The van der Waals surface area contributed by atoms with Crippen LogP contribution in [-0.2, 0) is 0 Å². The number of nitrogens with zero attached hydrogens (tertiary/aromatic N) is 12. The highest BCUT2D eigenvalue weighted by Crippen LogP contribution is 2.47. The van der Waals surface area contributed by atoms with Crippen molar-refractivity contribution in [2.45, 2.75) is 535 Å². The molecule has 3 aliphatic heterocycles. The molecule has 0 radical (unpaired) electrons. The van der Waals surface area contributed by atoms with E-state index < -0.39 is 0 Å². The van der Waals surface area contributed by atoms with Crippen molar-refractivity contribution >= 4 is 0 Å². The van der Waals surface area contributed by atoms with Crippen LogP contribution in [0, 0.1) is 91.2 Å². The summed E-state index contributed by atoms with van der Waals surface area (Å²) in [5.74, 6) is 13.1. The zero-order valence-corrected chi connectivity index (χ0v) is 101. The topological polar surface area (TPSA) is 38.9 Å². The Kier molecular flexibility index (Phi) is 55.1. The summed E-state index contributed by atoms with van der Waals surface area (Å²) in [6.45, 7) is 123. The van der Waals surface area contributed by atoms with Crippen molar-refractivity contribution in [3.8, 4) is 11.8 Å². The lowest BCUT2D eigenvalue weighted by Crippen LogP contribution is -2.54. The van der Waals surface area contributed by atoms with Gasteiger partial charge in [0, 0.05) is 166 Å². The first kappa shape index (κ1) is 129. The fourth-order valence-electron chi connectivity index (χ4n) is 21.9. The Morgan fingerprint density at radius 3 is 0.818 bits per heavy atom. The number of rotatable bonds is 15. The van der Waals surface area contributed by atoms with Crippen LogP contribution < -0.4 is 0 Å². The van der Waals surface area contributed by atoms with Gasteiger partial charge in [0.1, 0.15) is 0 Å². The second-order valence-electron chi connectivity index (χ2n) is 58.4. The van der Waals surface area contributed by atoms with Gasteiger partial charge in [-0.3, -0.25) is 34.3 Å². The molecule has 0 N–H and O–H groups in total. The average molecular weight is 1860 g/mol. The number of likely N-dealkylation sites (tertiary alicyclic amines) is 1. The molecule has 0 atom stereocenters. The smallest absolute Gasteiger partial charge is 0.0599 e. The molecule has 10 fully saturated rings. The fourth-order valence-corrected chi connectivity index (χ4v) is 21.9. The summed E-state index contributed by atoms with van der Waals surface area (Å²) in [6.07, 6.45) is 32.7. The molecule has 10 rings (SSSR count). The van der Waals surface area contributed by atoms with Crippen LogP contribution in [0.2, 0.25) is 0 Å². The minimum Gasteiger partial charge on any atom is -0.303 e. The van der Waals surface area contributed by atoms with Crippen LogP contribution in [0.15, 0.2) is 0 Å². The molecule has 7 aliphatic carbocycles. The molecule has 12 heteroatoms. The van der Waals surface area contributed by atoms with Crippen molar-refractivity contribution in [2.75, 3.05) is 154 Å². The van der Waals surface area contributed by atoms with Crippen LogP contribution in [0.4, 0.5) is 0 Å². The van der Waals surface area contributed by atoms with E-state index in [-0.39, 0.29) is 5.41 Å². The molecule has 0 bridgehead atoms. The standard InChI is InChI=1S/2C20H41N3.C15H29N.C14H29N.C13H27N.C13H25N.C11H23N.C10H21N.2C2H6/c2*1-19(2,3)21(7)18-10-8-17(9-11-18)16-22-12-14-23(15-13-22)20(4,5)6;1-15(2,3)13-9-11-16(12-10-13)14-7-5-4-6-8-14;1-13(2,3)10-15(7)12-8-11(9-12)14(4,5)6;1-12(2,3)10-8-11(9-10)14(7)13(4,5)6;1-12(2,3)9-8-10-14(7)11-13(4,5)6;1-9-6-10(7-9)12(5)8-11(2,3)4;1-8-6-9(7-8)11(5)10(2,3)4;2*1-2/h2*17-18H,8-16H2,1-7H3;13-14H,4-12H2,1-3H3;11-12H,8-10H2,1-7H3;10-11H,8-9H2,1-7H3;10-11H2,1-7H3;9-10H,6-8H2,1-5H3;8-9H,6-7H2,1-5H3;2*1-2H3. The van der Waals surface area contributed by atoms with E-state index in [1.807, 2.05) is 27.7 Å². The van der Waals surface area contributed by atoms with Gasteiger partial charge in [-0.05, 0) is 410 Å². The molecule has 0 aromatic heterocycles. The molecule has 0 spiro atoms. The highest BCUT2D eigenvalue weighted by atomic mass is 15.3. The van der Waals surface area contributed by atoms with E-state index in [0.717, 1.165) is 96.8 Å². The molecule has 132 heavy (non-hydrogen) atoms. The van der Waals surface area contributed by atoms with Crippen LogP contribution >= 0.6 is 0 Å². The third kappa shape index (κ3) is 52.4. The quantitative estimate of drug-likeness (QED) is 0.147. The van der Waals surface area contributed by atoms with E-state index in [1.54, 1.807) is 0 Å². The zero-order chi connectivity index (χ0) is 103. The molecule has 0 unspecified atom stereocenters. The molecule has 0 amide bonds. The molecule has 3 saturated heterocycles. The maximum atomic E-state index is 3.25. The van der Waals surface area contributed by atoms with Crippen molar-refractivity contribution in [1.29, 1.82) is 0 Å². The predicted octanol–water partition coefficient (Wildman–Crippen LogP) is 29.1. The SMILES string of the molecule is CC.CC.CC(C)(C)C1CCN(C2CCCCC2)CC1.CC1CC(N(C)C(C)(C)C)C1.CC1CC(N(C)CC(C)(C)C)C1.CN(C1CC(C(C)(C)C)C1)C(C)(C)C.CN(C1CCC(CN2CCN(C(C)(C)C)CC2)CC1)C(C)(C)C.CN(C1CCC(CN2CCN(C(C)(C)C)CC2)CC1)C(C)(C)C.CN(CC#CC(C)(C)C)CC(C)(C)C.CN(CC(C)(C)C)C1CC(C(C)(C)C)C1. The van der Waals surface area contributed by atoms with Crippen molar-refractivity contribution in [3.63, 3.8) is 0 Å². The number of hydrogen-bond donors (Lipinski definition) is 0. The number of hydrogen-bond acceptors (Lipinski definition) is 12. The van der Waals surface area contributed by atoms with Crippen LogP contribution in [0.5, 0.6) is 0 Å². The molecule has 0 aromatic carbocycles. The normalized spacial score (nSPS) is 26.6. The Morgan fingerprint density at radius 1 is 0.280 bits per heavy atom. The van der Waals surface area contributed by atoms with Gasteiger partial charge < -0.3 is 24.5 Å². The summed E-state index contributed by atoms with van der Waals surface area (Å²) in [5, 5.41) is 0. The van der Waals surface area contributed by atoms with Gasteiger partial charge in [0.2, 0.25) is 0 Å². The van der Waals surface area contributed by atoms with Crippen molar-refractivity contribution in [3.05, 3.63) is 0 Å². The van der Waals surface area contributed by atoms with Crippen molar-refractivity contribution in [2.24, 2.45) is 79.3 Å². The van der Waals surface area contributed by atoms with Gasteiger partial charge in [0.05, 0.1) is 6.54 Å². The second kappa shape index (κ2) is 56.4. The summed E-state index contributed by atoms with van der Waals surface area (Å²) in [7, 11) is 15.8. The van der Waals surface area contributed by atoms with Crippen LogP contribution in [0.25, 0.3) is 0 Å². The fraction of sp³-hybridized carbons (Fsp3) is 0.983. The summed E-state index contributed by atoms with van der Waals surface area (Å²) < 4.78 is 0. The molecule has 0 aromatic rings. The molecule has 10 aliphatic rings. The first-order valence-electron chi connectivity index (χ1n) is 56.0. The summed E-state index contributed by atoms with van der Waals surface area (Å²) >= 11 is 0. The Labute approximate surface area is 833 Å². The molecular formula is C120H248N12. The van der Waals surface area contributed by atoms with Gasteiger partial charge >= 0.3 is 0 Å². The van der Waals surface area contributed by atoms with Crippen LogP contribution in [-0.4, -0.2) is 288 Å². The molecule has 12 nitrogen and oxygen atoms in total. The lowest BCUT2D eigenvalue weighted by Gasteiger charge is -2.51. The van der Waals surface area contributed by atoms with Crippen LogP contribution in [0.1, 0.15) is 459 Å². The summed E-state index contributed by atoms with van der Waals surface area (Å²) in [6, 6.07) is 5.92. The predicted molar refractivity (Wildman–Crippen MR) is 595 cm³/mol. The third-order valence-corrected chi connectivity index (χ3v) is 32.2. The monoisotopic (exact) mass is 1860 g/mol. The third-order valence-electron chi connectivity index (χ3n) is 32.2. The first-order chi connectivity index (χ1) is 59.8. The van der Waals surface area contributed by atoms with Gasteiger partial charge in [0.25, 0.3) is 0 Å². The maximum absolute atomic E-state index is 3.25. The minimum atomic E-state index is 0.128. The van der Waals surface area contributed by atoms with E-state index in [1.165, 1.54) is 239 Å². The zero-order valence-electron chi connectivity index (χ0n) is 101. The van der Waals surface area contributed by atoms with Gasteiger partial charge in [-0.15, -0.1) is 0 Å². The van der Waals surface area contributed by atoms with E-state index in [0.29, 0.717) is 65.7 Å². The minimum absolute atomic E-state index is 0.128. The highest BCUT2D eigenvalue weighted by Gasteiger charge is 2.44. The highest BCUT2D eigenvalue weighted by molar-refractivity contribution is 5.09. The van der Waals surface area contributed by atoms with Gasteiger partial charge in [-0.1, -0.05) is 197 Å². The van der Waals surface area contributed by atoms with Crippen molar-refractivity contribution in [1.82, 2.24) is 58.8 Å². The van der Waals surface area contributed by atoms with E-state index in [2.05, 4.69) is 404 Å². The Morgan fingerprint density at radius 2 is 0.553 bits per heavy atom. The number of piperidine rings is 1. The lowest BCUT2D eigenvalue weighted by atomic mass is 9.65. The summed E-state index contributed by atoms with van der Waals surface area (Å²) in [5.41, 5.74) is 4.88. The molecule has 788 valence electrons. The first-order valence-corrected chi connectivity index (χ1v) is 56.0. The van der Waals surface area contributed by atoms with E-state index in [9.17, 15) is 0 Å². The van der Waals surface area contributed by atoms with Gasteiger partial charge in [-0.2, -0.15) is 0 Å². The average Bonchev–Trinajstić information content (AvgIpc) is 0.786. The second-order valence-corrected chi connectivity index (χ2v) is 58.4. The molecular weight excluding hydrogens is 1610 g/mol.